The van der Waals surface area contributed by atoms with Crippen molar-refractivity contribution >= 4 is 23.5 Å². The van der Waals surface area contributed by atoms with Gasteiger partial charge in [-0.05, 0) is 5.92 Å². The molecule has 4 unspecified atom stereocenters. The Morgan fingerprint density at radius 2 is 2.00 bits per heavy atom. The molecule has 1 rings (SSSR count). The zero-order valence-corrected chi connectivity index (χ0v) is 10.5. The molecule has 2 N–H and O–H groups in total. The zero-order valence-electron chi connectivity index (χ0n) is 8.82. The molecule has 1 heterocycles. The summed E-state index contributed by atoms with van der Waals surface area (Å²) < 4.78 is 0. The predicted octanol–water partition coefficient (Wildman–Crippen LogP) is 2.60. The van der Waals surface area contributed by atoms with E-state index in [4.69, 9.17) is 5.73 Å². The summed E-state index contributed by atoms with van der Waals surface area (Å²) in [4.78, 5) is 0. The molecule has 0 aromatic rings. The molecule has 1 aliphatic rings. The summed E-state index contributed by atoms with van der Waals surface area (Å²) in [5.74, 6) is 3.25. The van der Waals surface area contributed by atoms with Crippen LogP contribution in [-0.2, 0) is 0 Å². The minimum absolute atomic E-state index is 0.387. The topological polar surface area (TPSA) is 26.0 Å². The van der Waals surface area contributed by atoms with Crippen molar-refractivity contribution < 1.29 is 0 Å². The maximum atomic E-state index is 6.26. The monoisotopic (exact) mass is 219 g/mol. The van der Waals surface area contributed by atoms with Crippen LogP contribution in [0.2, 0.25) is 0 Å². The van der Waals surface area contributed by atoms with Crippen LogP contribution in [0, 0.1) is 5.92 Å². The van der Waals surface area contributed by atoms with E-state index in [9.17, 15) is 0 Å². The fourth-order valence-corrected chi connectivity index (χ4v) is 4.69. The third-order valence-electron chi connectivity index (χ3n) is 2.92. The molecule has 0 amide bonds. The quantitative estimate of drug-likeness (QED) is 0.790. The van der Waals surface area contributed by atoms with Gasteiger partial charge in [0.05, 0.1) is 0 Å². The first-order valence-corrected chi connectivity index (χ1v) is 7.25. The van der Waals surface area contributed by atoms with Crippen LogP contribution in [0.15, 0.2) is 0 Å². The van der Waals surface area contributed by atoms with E-state index >= 15 is 0 Å². The third-order valence-corrected chi connectivity index (χ3v) is 6.15. The average molecular weight is 219 g/mol. The molecule has 1 fully saturated rings. The Labute approximate surface area is 90.6 Å². The largest absolute Gasteiger partial charge is 0.326 e. The number of thioether (sulfide) groups is 2. The van der Waals surface area contributed by atoms with Gasteiger partial charge < -0.3 is 5.73 Å². The average Bonchev–Trinajstić information content (AvgIpc) is 2.16. The van der Waals surface area contributed by atoms with Crippen LogP contribution in [0.4, 0.5) is 0 Å². The Kier molecular flexibility index (Phi) is 4.98. The molecule has 1 nitrogen and oxygen atoms in total. The van der Waals surface area contributed by atoms with Gasteiger partial charge in [-0.3, -0.25) is 0 Å². The molecular formula is C10H21NS2. The van der Waals surface area contributed by atoms with Crippen molar-refractivity contribution in [2.75, 3.05) is 11.5 Å². The highest BCUT2D eigenvalue weighted by molar-refractivity contribution is 8.07. The van der Waals surface area contributed by atoms with Gasteiger partial charge >= 0.3 is 0 Å². The summed E-state index contributed by atoms with van der Waals surface area (Å²) in [7, 11) is 0. The Morgan fingerprint density at radius 1 is 1.38 bits per heavy atom. The second-order valence-corrected chi connectivity index (χ2v) is 6.65. The van der Waals surface area contributed by atoms with Crippen molar-refractivity contribution in [2.45, 2.75) is 43.7 Å². The fraction of sp³-hybridized carbons (Fsp3) is 1.00. The lowest BCUT2D eigenvalue weighted by Gasteiger charge is -2.35. The van der Waals surface area contributed by atoms with Crippen molar-refractivity contribution in [2.24, 2.45) is 11.7 Å². The summed E-state index contributed by atoms with van der Waals surface area (Å²) in [5, 5.41) is 1.41. The molecule has 0 aromatic carbocycles. The van der Waals surface area contributed by atoms with Crippen LogP contribution in [0.1, 0.15) is 27.2 Å². The molecule has 0 aromatic heterocycles. The van der Waals surface area contributed by atoms with Gasteiger partial charge in [-0.15, -0.1) is 0 Å². The normalized spacial score (nSPS) is 34.2. The Hall–Kier alpha value is 0.660. The summed E-state index contributed by atoms with van der Waals surface area (Å²) in [6, 6.07) is 0.387. The fourth-order valence-electron chi connectivity index (χ4n) is 1.67. The van der Waals surface area contributed by atoms with Crippen molar-refractivity contribution in [3.05, 3.63) is 0 Å². The smallest absolute Gasteiger partial charge is 0.0318 e. The van der Waals surface area contributed by atoms with E-state index in [2.05, 4.69) is 44.3 Å². The first-order chi connectivity index (χ1) is 6.16. The van der Waals surface area contributed by atoms with Crippen molar-refractivity contribution in [3.8, 4) is 0 Å². The van der Waals surface area contributed by atoms with Gasteiger partial charge in [-0.25, -0.2) is 0 Å². The van der Waals surface area contributed by atoms with Crippen molar-refractivity contribution in [3.63, 3.8) is 0 Å². The van der Waals surface area contributed by atoms with Gasteiger partial charge in [0, 0.05) is 28.0 Å². The highest BCUT2D eigenvalue weighted by Gasteiger charge is 2.30. The Morgan fingerprint density at radius 3 is 2.54 bits per heavy atom. The summed E-state index contributed by atoms with van der Waals surface area (Å²) in [6.45, 7) is 6.83. The van der Waals surface area contributed by atoms with E-state index in [0.29, 0.717) is 17.2 Å². The number of hydrogen-bond donors (Lipinski definition) is 1. The molecule has 13 heavy (non-hydrogen) atoms. The summed E-state index contributed by atoms with van der Waals surface area (Å²) >= 11 is 4.16. The molecule has 0 bridgehead atoms. The van der Waals surface area contributed by atoms with Crippen LogP contribution < -0.4 is 5.73 Å². The first kappa shape index (κ1) is 11.7. The molecule has 0 radical (unpaired) electrons. The van der Waals surface area contributed by atoms with Gasteiger partial charge in [-0.2, -0.15) is 23.5 Å². The molecule has 0 spiro atoms. The second-order valence-electron chi connectivity index (χ2n) is 3.87. The SMILES string of the molecule is CCC(C)C(N)C1SCCSC1C. The van der Waals surface area contributed by atoms with Gasteiger partial charge in [0.25, 0.3) is 0 Å². The van der Waals surface area contributed by atoms with Gasteiger partial charge in [0.1, 0.15) is 0 Å². The molecule has 4 atom stereocenters. The van der Waals surface area contributed by atoms with E-state index in [1.54, 1.807) is 0 Å². The molecular weight excluding hydrogens is 198 g/mol. The summed E-state index contributed by atoms with van der Waals surface area (Å²) in [5.41, 5.74) is 6.26. The van der Waals surface area contributed by atoms with Crippen molar-refractivity contribution in [1.82, 2.24) is 0 Å². The van der Waals surface area contributed by atoms with Crippen LogP contribution >= 0.6 is 23.5 Å². The minimum atomic E-state index is 0.387. The van der Waals surface area contributed by atoms with Crippen LogP contribution in [0.3, 0.4) is 0 Å². The molecule has 78 valence electrons. The number of nitrogens with two attached hydrogens (primary N) is 1. The molecule has 0 saturated carbocycles. The first-order valence-electron chi connectivity index (χ1n) is 5.15. The van der Waals surface area contributed by atoms with E-state index in [1.807, 2.05) is 0 Å². The van der Waals surface area contributed by atoms with Gasteiger partial charge in [-0.1, -0.05) is 27.2 Å². The highest BCUT2D eigenvalue weighted by Crippen LogP contribution is 2.34. The Balaban J connectivity index is 2.47. The van der Waals surface area contributed by atoms with E-state index in [0.717, 1.165) is 5.25 Å². The van der Waals surface area contributed by atoms with Crippen LogP contribution in [0.5, 0.6) is 0 Å². The second kappa shape index (κ2) is 5.52. The Bertz CT molecular complexity index is 152. The minimum Gasteiger partial charge on any atom is -0.326 e. The van der Waals surface area contributed by atoms with Crippen LogP contribution in [0.25, 0.3) is 0 Å². The van der Waals surface area contributed by atoms with E-state index in [-0.39, 0.29) is 0 Å². The highest BCUT2D eigenvalue weighted by atomic mass is 32.2. The van der Waals surface area contributed by atoms with Gasteiger partial charge in [0.15, 0.2) is 0 Å². The lowest BCUT2D eigenvalue weighted by atomic mass is 9.96. The predicted molar refractivity (Wildman–Crippen MR) is 65.6 cm³/mol. The molecule has 1 aliphatic heterocycles. The number of rotatable bonds is 3. The third kappa shape index (κ3) is 3.07. The van der Waals surface area contributed by atoms with Gasteiger partial charge in [0.2, 0.25) is 0 Å². The molecule has 3 heteroatoms. The summed E-state index contributed by atoms with van der Waals surface area (Å²) in [6.07, 6.45) is 1.20. The maximum Gasteiger partial charge on any atom is 0.0318 e. The number of hydrogen-bond acceptors (Lipinski definition) is 3. The standard InChI is InChI=1S/C10H21NS2/c1-4-7(2)9(11)10-8(3)12-5-6-13-10/h7-10H,4-6,11H2,1-3H3. The maximum absolute atomic E-state index is 6.26. The molecule has 0 aliphatic carbocycles. The van der Waals surface area contributed by atoms with Crippen LogP contribution in [-0.4, -0.2) is 28.0 Å². The zero-order chi connectivity index (χ0) is 9.84. The molecule has 1 saturated heterocycles. The lowest BCUT2D eigenvalue weighted by molar-refractivity contribution is 0.428. The van der Waals surface area contributed by atoms with E-state index < -0.39 is 0 Å². The van der Waals surface area contributed by atoms with Crippen molar-refractivity contribution in [1.29, 1.82) is 0 Å². The van der Waals surface area contributed by atoms with E-state index in [1.165, 1.54) is 17.9 Å². The lowest BCUT2D eigenvalue weighted by Crippen LogP contribution is -2.44.